The van der Waals surface area contributed by atoms with Gasteiger partial charge in [-0.05, 0) is 43.2 Å². The van der Waals surface area contributed by atoms with Crippen LogP contribution in [0.15, 0.2) is 60.7 Å². The highest BCUT2D eigenvalue weighted by Crippen LogP contribution is 2.36. The number of nitrogens with zero attached hydrogens (tertiary/aromatic N) is 3. The van der Waals surface area contributed by atoms with E-state index in [1.807, 2.05) is 71.1 Å². The summed E-state index contributed by atoms with van der Waals surface area (Å²) in [5.74, 6) is 1.31. The number of carbonyl (C=O) groups is 1. The van der Waals surface area contributed by atoms with Crippen LogP contribution in [0.25, 0.3) is 15.9 Å². The number of likely N-dealkylation sites (tertiary alicyclic amines) is 1. The summed E-state index contributed by atoms with van der Waals surface area (Å²) >= 11 is 1.52. The lowest BCUT2D eigenvalue weighted by Crippen LogP contribution is -2.27. The molecule has 0 spiro atoms. The van der Waals surface area contributed by atoms with Gasteiger partial charge in [-0.2, -0.15) is 5.10 Å². The number of hydrogen-bond donors (Lipinski definition) is 0. The van der Waals surface area contributed by atoms with Crippen LogP contribution < -0.4 is 4.74 Å². The highest BCUT2D eigenvalue weighted by Gasteiger charge is 2.30. The molecular weight excluding hydrogens is 394 g/mol. The van der Waals surface area contributed by atoms with Crippen LogP contribution in [0, 0.1) is 6.92 Å². The van der Waals surface area contributed by atoms with Crippen LogP contribution in [-0.4, -0.2) is 40.8 Å². The molecule has 1 aliphatic rings. The van der Waals surface area contributed by atoms with Gasteiger partial charge in [0.25, 0.3) is 5.91 Å². The quantitative estimate of drug-likeness (QED) is 0.468. The molecule has 2 aromatic heterocycles. The maximum absolute atomic E-state index is 13.3. The number of aromatic nitrogens is 2. The van der Waals surface area contributed by atoms with Crippen molar-refractivity contribution in [3.8, 4) is 11.4 Å². The number of carbonyl (C=O) groups excluding carboxylic acids is 1. The summed E-state index contributed by atoms with van der Waals surface area (Å²) in [6.07, 6.45) is 0.952. The van der Waals surface area contributed by atoms with Crippen LogP contribution >= 0.6 is 11.3 Å². The fraction of sp³-hybridized carbons (Fsp3) is 0.250. The van der Waals surface area contributed by atoms with Crippen LogP contribution in [0.3, 0.4) is 0 Å². The summed E-state index contributed by atoms with van der Waals surface area (Å²) in [5, 5.41) is 5.73. The summed E-state index contributed by atoms with van der Waals surface area (Å²) in [5.41, 5.74) is 3.13. The van der Waals surface area contributed by atoms with Crippen molar-refractivity contribution in [2.75, 3.05) is 20.2 Å². The summed E-state index contributed by atoms with van der Waals surface area (Å²) in [6.45, 7) is 3.48. The number of methoxy groups -OCH3 is 1. The predicted molar refractivity (Wildman–Crippen MR) is 120 cm³/mol. The Hall–Kier alpha value is -3.12. The third kappa shape index (κ3) is 3.17. The second-order valence-corrected chi connectivity index (χ2v) is 8.67. The van der Waals surface area contributed by atoms with Crippen LogP contribution in [0.1, 0.15) is 33.3 Å². The molecule has 1 amide bonds. The number of benzene rings is 2. The molecule has 0 radical (unpaired) electrons. The summed E-state index contributed by atoms with van der Waals surface area (Å²) in [7, 11) is 1.70. The molecule has 30 heavy (non-hydrogen) atoms. The molecule has 1 fully saturated rings. The topological polar surface area (TPSA) is 47.4 Å². The number of para-hydroxylation sites is 2. The zero-order chi connectivity index (χ0) is 20.7. The SMILES string of the molecule is COc1ccccc1C1CCN(C(=O)c2cc3c(C)nn(-c4ccccc4)c3s2)C1. The van der Waals surface area contributed by atoms with Gasteiger partial charge in [-0.3, -0.25) is 4.79 Å². The molecule has 1 unspecified atom stereocenters. The fourth-order valence-corrected chi connectivity index (χ4v) is 5.41. The smallest absolute Gasteiger partial charge is 0.264 e. The molecular formula is C24H23N3O2S. The average Bonchev–Trinajstić information content (AvgIpc) is 3.51. The Kier molecular flexibility index (Phi) is 4.79. The van der Waals surface area contributed by atoms with Crippen molar-refractivity contribution >= 4 is 27.5 Å². The van der Waals surface area contributed by atoms with E-state index in [9.17, 15) is 4.79 Å². The maximum atomic E-state index is 13.3. The van der Waals surface area contributed by atoms with Gasteiger partial charge >= 0.3 is 0 Å². The van der Waals surface area contributed by atoms with Crippen molar-refractivity contribution < 1.29 is 9.53 Å². The maximum Gasteiger partial charge on any atom is 0.264 e. The van der Waals surface area contributed by atoms with Crippen molar-refractivity contribution in [3.63, 3.8) is 0 Å². The third-order valence-electron chi connectivity index (χ3n) is 5.81. The van der Waals surface area contributed by atoms with Gasteiger partial charge in [0.05, 0.1) is 23.4 Å². The standard InChI is InChI=1S/C24H23N3O2S/c1-16-20-14-22(30-24(20)27(25-16)18-8-4-3-5-9-18)23(28)26-13-12-17(15-26)19-10-6-7-11-21(19)29-2/h3-11,14,17H,12-13,15H2,1-2H3. The molecule has 1 saturated heterocycles. The molecule has 1 aliphatic heterocycles. The second-order valence-electron chi connectivity index (χ2n) is 7.64. The fourth-order valence-electron chi connectivity index (χ4n) is 4.25. The van der Waals surface area contributed by atoms with Gasteiger partial charge in [-0.25, -0.2) is 4.68 Å². The van der Waals surface area contributed by atoms with Gasteiger partial charge in [0.1, 0.15) is 10.6 Å². The lowest BCUT2D eigenvalue weighted by molar-refractivity contribution is 0.0795. The Morgan fingerprint density at radius 1 is 1.13 bits per heavy atom. The van der Waals surface area contributed by atoms with E-state index in [1.54, 1.807) is 7.11 Å². The van der Waals surface area contributed by atoms with Gasteiger partial charge in [0.2, 0.25) is 0 Å². The summed E-state index contributed by atoms with van der Waals surface area (Å²) < 4.78 is 7.46. The number of amides is 1. The number of fused-ring (bicyclic) bond motifs is 1. The Bertz CT molecular complexity index is 1210. The minimum Gasteiger partial charge on any atom is -0.496 e. The minimum absolute atomic E-state index is 0.104. The molecule has 152 valence electrons. The first-order valence-corrected chi connectivity index (χ1v) is 10.9. The largest absolute Gasteiger partial charge is 0.496 e. The summed E-state index contributed by atoms with van der Waals surface area (Å²) in [6, 6.07) is 20.2. The van der Waals surface area contributed by atoms with Gasteiger partial charge in [0.15, 0.2) is 0 Å². The monoisotopic (exact) mass is 417 g/mol. The van der Waals surface area contributed by atoms with Crippen molar-refractivity contribution in [3.05, 3.63) is 76.8 Å². The van der Waals surface area contributed by atoms with E-state index in [2.05, 4.69) is 11.2 Å². The Labute approximate surface area is 179 Å². The van der Waals surface area contributed by atoms with Crippen molar-refractivity contribution in [2.24, 2.45) is 0 Å². The first-order valence-electron chi connectivity index (χ1n) is 10.1. The zero-order valence-electron chi connectivity index (χ0n) is 17.0. The van der Waals surface area contributed by atoms with Crippen LogP contribution in [0.4, 0.5) is 0 Å². The highest BCUT2D eigenvalue weighted by atomic mass is 32.1. The summed E-state index contributed by atoms with van der Waals surface area (Å²) in [4.78, 5) is 17.0. The van der Waals surface area contributed by atoms with E-state index in [4.69, 9.17) is 4.74 Å². The van der Waals surface area contributed by atoms with Crippen LogP contribution in [-0.2, 0) is 0 Å². The molecule has 6 heteroatoms. The number of thiophene rings is 1. The Morgan fingerprint density at radius 2 is 1.90 bits per heavy atom. The zero-order valence-corrected chi connectivity index (χ0v) is 17.9. The van der Waals surface area contributed by atoms with E-state index < -0.39 is 0 Å². The Balaban J connectivity index is 1.42. The van der Waals surface area contributed by atoms with Crippen LogP contribution in [0.5, 0.6) is 5.75 Å². The molecule has 0 saturated carbocycles. The van der Waals surface area contributed by atoms with Gasteiger partial charge in [-0.15, -0.1) is 11.3 Å². The second kappa shape index (κ2) is 7.61. The van der Waals surface area contributed by atoms with E-state index >= 15 is 0 Å². The lowest BCUT2D eigenvalue weighted by atomic mass is 9.97. The van der Waals surface area contributed by atoms with E-state index in [0.29, 0.717) is 5.92 Å². The molecule has 0 bridgehead atoms. The molecule has 0 N–H and O–H groups in total. The highest BCUT2D eigenvalue weighted by molar-refractivity contribution is 7.20. The third-order valence-corrected chi connectivity index (χ3v) is 6.91. The number of rotatable bonds is 4. The molecule has 3 heterocycles. The minimum atomic E-state index is 0.104. The van der Waals surface area contributed by atoms with Gasteiger partial charge in [-0.1, -0.05) is 36.4 Å². The number of hydrogen-bond acceptors (Lipinski definition) is 4. The first-order chi connectivity index (χ1) is 14.7. The van der Waals surface area contributed by atoms with Crippen molar-refractivity contribution in [1.82, 2.24) is 14.7 Å². The van der Waals surface area contributed by atoms with Crippen molar-refractivity contribution in [2.45, 2.75) is 19.3 Å². The number of ether oxygens (including phenoxy) is 1. The molecule has 4 aromatic rings. The molecule has 0 aliphatic carbocycles. The van der Waals surface area contributed by atoms with E-state index in [1.165, 1.54) is 16.9 Å². The Morgan fingerprint density at radius 3 is 2.70 bits per heavy atom. The van der Waals surface area contributed by atoms with E-state index in [0.717, 1.165) is 51.7 Å². The molecule has 5 nitrogen and oxygen atoms in total. The van der Waals surface area contributed by atoms with E-state index in [-0.39, 0.29) is 5.91 Å². The first kappa shape index (κ1) is 18.9. The normalized spacial score (nSPS) is 16.3. The number of aryl methyl sites for hydroxylation is 1. The van der Waals surface area contributed by atoms with Gasteiger partial charge in [0, 0.05) is 24.4 Å². The molecule has 1 atom stereocenters. The lowest BCUT2D eigenvalue weighted by Gasteiger charge is -2.17. The van der Waals surface area contributed by atoms with Gasteiger partial charge < -0.3 is 9.64 Å². The molecule has 5 rings (SSSR count). The van der Waals surface area contributed by atoms with Crippen LogP contribution in [0.2, 0.25) is 0 Å². The molecule has 2 aromatic carbocycles. The van der Waals surface area contributed by atoms with Crippen molar-refractivity contribution in [1.29, 1.82) is 0 Å². The average molecular weight is 418 g/mol. The predicted octanol–water partition coefficient (Wildman–Crippen LogP) is 5.03.